The zero-order valence-electron chi connectivity index (χ0n) is 12.0. The van der Waals surface area contributed by atoms with Crippen molar-refractivity contribution in [3.05, 3.63) is 35.9 Å². The standard InChI is InChI=1S/C14H19N5OS/c1-2-3-9-15-13(20)11-21-14-16-17-18-19(14)10-12-7-5-4-6-8-12/h4-8H,2-3,9-11H2,1H3,(H,15,20). The highest BCUT2D eigenvalue weighted by Crippen LogP contribution is 2.14. The number of unbranched alkanes of at least 4 members (excludes halogenated alkanes) is 1. The first kappa shape index (κ1) is 15.5. The number of benzene rings is 1. The molecule has 7 heteroatoms. The quantitative estimate of drug-likeness (QED) is 0.594. The van der Waals surface area contributed by atoms with Gasteiger partial charge in [-0.1, -0.05) is 55.4 Å². The predicted octanol–water partition coefficient (Wildman–Crippen LogP) is 1.73. The van der Waals surface area contributed by atoms with Gasteiger partial charge in [0.15, 0.2) is 0 Å². The van der Waals surface area contributed by atoms with Crippen molar-refractivity contribution in [2.75, 3.05) is 12.3 Å². The Bertz CT molecular complexity index is 558. The molecule has 0 saturated carbocycles. The summed E-state index contributed by atoms with van der Waals surface area (Å²) < 4.78 is 1.71. The van der Waals surface area contributed by atoms with Crippen LogP contribution in [-0.4, -0.2) is 38.4 Å². The Morgan fingerprint density at radius 1 is 1.33 bits per heavy atom. The van der Waals surface area contributed by atoms with E-state index in [4.69, 9.17) is 0 Å². The van der Waals surface area contributed by atoms with E-state index in [0.717, 1.165) is 24.9 Å². The molecule has 1 aromatic carbocycles. The first-order chi connectivity index (χ1) is 10.3. The smallest absolute Gasteiger partial charge is 0.230 e. The zero-order chi connectivity index (χ0) is 14.9. The van der Waals surface area contributed by atoms with Crippen LogP contribution in [0.15, 0.2) is 35.5 Å². The van der Waals surface area contributed by atoms with Crippen molar-refractivity contribution < 1.29 is 4.79 Å². The molecule has 6 nitrogen and oxygen atoms in total. The fraction of sp³-hybridized carbons (Fsp3) is 0.429. The van der Waals surface area contributed by atoms with E-state index >= 15 is 0 Å². The minimum absolute atomic E-state index is 0.0164. The third-order valence-electron chi connectivity index (χ3n) is 2.86. The van der Waals surface area contributed by atoms with E-state index in [-0.39, 0.29) is 5.91 Å². The van der Waals surface area contributed by atoms with Crippen molar-refractivity contribution in [1.29, 1.82) is 0 Å². The van der Waals surface area contributed by atoms with Crippen LogP contribution in [0.2, 0.25) is 0 Å². The molecule has 0 atom stereocenters. The van der Waals surface area contributed by atoms with Crippen LogP contribution < -0.4 is 5.32 Å². The zero-order valence-corrected chi connectivity index (χ0v) is 12.8. The van der Waals surface area contributed by atoms with Crippen molar-refractivity contribution in [3.63, 3.8) is 0 Å². The summed E-state index contributed by atoms with van der Waals surface area (Å²) in [5.74, 6) is 0.349. The number of hydrogen-bond donors (Lipinski definition) is 1. The molecule has 112 valence electrons. The molecule has 0 fully saturated rings. The van der Waals surface area contributed by atoms with Crippen LogP contribution in [0.25, 0.3) is 0 Å². The van der Waals surface area contributed by atoms with Gasteiger partial charge in [-0.3, -0.25) is 4.79 Å². The fourth-order valence-corrected chi connectivity index (χ4v) is 2.45. The molecule has 0 bridgehead atoms. The van der Waals surface area contributed by atoms with Crippen molar-refractivity contribution in [2.24, 2.45) is 0 Å². The summed E-state index contributed by atoms with van der Waals surface area (Å²) in [6.07, 6.45) is 2.07. The number of rotatable bonds is 8. The number of aromatic nitrogens is 4. The van der Waals surface area contributed by atoms with Crippen LogP contribution in [0.5, 0.6) is 0 Å². The van der Waals surface area contributed by atoms with Gasteiger partial charge in [-0.15, -0.1) is 5.10 Å². The van der Waals surface area contributed by atoms with Gasteiger partial charge < -0.3 is 5.32 Å². The number of carbonyl (C=O) groups excluding carboxylic acids is 1. The van der Waals surface area contributed by atoms with Crippen LogP contribution >= 0.6 is 11.8 Å². The Balaban J connectivity index is 1.84. The van der Waals surface area contributed by atoms with Gasteiger partial charge in [0.2, 0.25) is 11.1 Å². The lowest BCUT2D eigenvalue weighted by atomic mass is 10.2. The summed E-state index contributed by atoms with van der Waals surface area (Å²) in [6, 6.07) is 9.97. The first-order valence-corrected chi connectivity index (χ1v) is 7.97. The van der Waals surface area contributed by atoms with E-state index in [0.29, 0.717) is 17.5 Å². The topological polar surface area (TPSA) is 72.7 Å². The second kappa shape index (κ2) is 8.41. The third kappa shape index (κ3) is 5.18. The molecule has 0 spiro atoms. The van der Waals surface area contributed by atoms with E-state index in [9.17, 15) is 4.79 Å². The van der Waals surface area contributed by atoms with Crippen LogP contribution in [-0.2, 0) is 11.3 Å². The number of nitrogens with zero attached hydrogens (tertiary/aromatic N) is 4. The fourth-order valence-electron chi connectivity index (χ4n) is 1.74. The number of nitrogens with one attached hydrogen (secondary N) is 1. The van der Waals surface area contributed by atoms with E-state index < -0.39 is 0 Å². The molecule has 1 heterocycles. The summed E-state index contributed by atoms with van der Waals surface area (Å²) in [7, 11) is 0. The summed E-state index contributed by atoms with van der Waals surface area (Å²) in [5.41, 5.74) is 1.12. The normalized spacial score (nSPS) is 10.5. The predicted molar refractivity (Wildman–Crippen MR) is 82.0 cm³/mol. The molecule has 2 aromatic rings. The lowest BCUT2D eigenvalue weighted by Gasteiger charge is -2.05. The molecule has 0 aliphatic carbocycles. The molecule has 0 aliphatic rings. The third-order valence-corrected chi connectivity index (χ3v) is 3.82. The number of carbonyl (C=O) groups is 1. The largest absolute Gasteiger partial charge is 0.355 e. The van der Waals surface area contributed by atoms with Crippen LogP contribution in [0.3, 0.4) is 0 Å². The molecule has 0 aliphatic heterocycles. The number of thioether (sulfide) groups is 1. The Morgan fingerprint density at radius 3 is 2.90 bits per heavy atom. The van der Waals surface area contributed by atoms with E-state index in [2.05, 4.69) is 27.8 Å². The van der Waals surface area contributed by atoms with Gasteiger partial charge in [0.25, 0.3) is 0 Å². The maximum Gasteiger partial charge on any atom is 0.230 e. The lowest BCUT2D eigenvalue weighted by Crippen LogP contribution is -2.26. The molecule has 1 amide bonds. The molecular formula is C14H19N5OS. The Labute approximate surface area is 128 Å². The lowest BCUT2D eigenvalue weighted by molar-refractivity contribution is -0.118. The second-order valence-electron chi connectivity index (χ2n) is 4.60. The van der Waals surface area contributed by atoms with E-state index in [1.807, 2.05) is 30.3 Å². The Morgan fingerprint density at radius 2 is 2.14 bits per heavy atom. The summed E-state index contributed by atoms with van der Waals surface area (Å²) in [4.78, 5) is 11.7. The SMILES string of the molecule is CCCCNC(=O)CSc1nnnn1Cc1ccccc1. The minimum Gasteiger partial charge on any atom is -0.355 e. The van der Waals surface area contributed by atoms with Crippen molar-refractivity contribution in [3.8, 4) is 0 Å². The molecule has 21 heavy (non-hydrogen) atoms. The van der Waals surface area contributed by atoms with Crippen molar-refractivity contribution in [2.45, 2.75) is 31.5 Å². The maximum absolute atomic E-state index is 11.7. The summed E-state index contributed by atoms with van der Waals surface area (Å²) in [5, 5.41) is 15.2. The van der Waals surface area contributed by atoms with Gasteiger partial charge in [-0.25, -0.2) is 4.68 Å². The molecule has 0 saturated heterocycles. The highest BCUT2D eigenvalue weighted by atomic mass is 32.2. The average Bonchev–Trinajstić information content (AvgIpc) is 2.94. The van der Waals surface area contributed by atoms with Crippen molar-refractivity contribution in [1.82, 2.24) is 25.5 Å². The molecule has 1 N–H and O–H groups in total. The summed E-state index contributed by atoms with van der Waals surface area (Å²) in [6.45, 7) is 3.43. The monoisotopic (exact) mass is 305 g/mol. The Kier molecular flexibility index (Phi) is 6.21. The minimum atomic E-state index is 0.0164. The van der Waals surface area contributed by atoms with Gasteiger partial charge >= 0.3 is 0 Å². The van der Waals surface area contributed by atoms with Gasteiger partial charge in [-0.2, -0.15) is 0 Å². The van der Waals surface area contributed by atoms with Crippen molar-refractivity contribution >= 4 is 17.7 Å². The molecular weight excluding hydrogens is 286 g/mol. The maximum atomic E-state index is 11.7. The van der Waals surface area contributed by atoms with E-state index in [1.54, 1.807) is 4.68 Å². The average molecular weight is 305 g/mol. The van der Waals surface area contributed by atoms with Gasteiger partial charge in [0.05, 0.1) is 12.3 Å². The number of hydrogen-bond acceptors (Lipinski definition) is 5. The van der Waals surface area contributed by atoms with Crippen LogP contribution in [0, 0.1) is 0 Å². The molecule has 0 unspecified atom stereocenters. The number of amides is 1. The highest BCUT2D eigenvalue weighted by Gasteiger charge is 2.10. The van der Waals surface area contributed by atoms with Crippen LogP contribution in [0.4, 0.5) is 0 Å². The molecule has 2 rings (SSSR count). The van der Waals surface area contributed by atoms with E-state index in [1.165, 1.54) is 11.8 Å². The first-order valence-electron chi connectivity index (χ1n) is 6.99. The van der Waals surface area contributed by atoms with Crippen LogP contribution in [0.1, 0.15) is 25.3 Å². The highest BCUT2D eigenvalue weighted by molar-refractivity contribution is 7.99. The van der Waals surface area contributed by atoms with Gasteiger partial charge in [0, 0.05) is 6.54 Å². The summed E-state index contributed by atoms with van der Waals surface area (Å²) >= 11 is 1.35. The van der Waals surface area contributed by atoms with Gasteiger partial charge in [0.1, 0.15) is 0 Å². The Hall–Kier alpha value is -1.89. The molecule has 1 aromatic heterocycles. The van der Waals surface area contributed by atoms with Gasteiger partial charge in [-0.05, 0) is 22.4 Å². The molecule has 0 radical (unpaired) electrons. The second-order valence-corrected chi connectivity index (χ2v) is 5.54. The number of tetrazole rings is 1.